The highest BCUT2D eigenvalue weighted by atomic mass is 15.3. The van der Waals surface area contributed by atoms with Crippen molar-refractivity contribution in [3.63, 3.8) is 0 Å². The Morgan fingerprint density at radius 3 is 1.80 bits per heavy atom. The molecule has 0 aliphatic carbocycles. The van der Waals surface area contributed by atoms with E-state index in [1.165, 1.54) is 12.8 Å². The lowest BCUT2D eigenvalue weighted by molar-refractivity contribution is 0.632. The van der Waals surface area contributed by atoms with Crippen LogP contribution >= 0.6 is 0 Å². The monoisotopic (exact) mass is 339 g/mol. The molecule has 2 aromatic heterocycles. The molecule has 25 heavy (non-hydrogen) atoms. The largest absolute Gasteiger partial charge is 0.356 e. The van der Waals surface area contributed by atoms with E-state index in [4.69, 9.17) is 0 Å². The fraction of sp³-hybridized carbons (Fsp3) is 0.556. The van der Waals surface area contributed by atoms with Crippen molar-refractivity contribution in [1.29, 1.82) is 0 Å². The van der Waals surface area contributed by atoms with Gasteiger partial charge in [-0.25, -0.2) is 19.9 Å². The normalized spacial score (nSPS) is 18.1. The lowest BCUT2D eigenvalue weighted by Crippen LogP contribution is -2.47. The van der Waals surface area contributed by atoms with Gasteiger partial charge in [0, 0.05) is 56.7 Å². The van der Waals surface area contributed by atoms with E-state index in [1.54, 1.807) is 6.33 Å². The van der Waals surface area contributed by atoms with E-state index < -0.39 is 0 Å². The summed E-state index contributed by atoms with van der Waals surface area (Å²) in [6.07, 6.45) is 4.21. The maximum atomic E-state index is 4.59. The van der Waals surface area contributed by atoms with Gasteiger partial charge in [0.2, 0.25) is 5.95 Å². The van der Waals surface area contributed by atoms with Crippen molar-refractivity contribution in [3.05, 3.63) is 29.8 Å². The predicted octanol–water partition coefficient (Wildman–Crippen LogP) is 1.81. The van der Waals surface area contributed by atoms with Gasteiger partial charge in [-0.15, -0.1) is 0 Å². The minimum absolute atomic E-state index is 0.845. The summed E-state index contributed by atoms with van der Waals surface area (Å²) in [4.78, 5) is 25.1. The number of anilines is 3. The van der Waals surface area contributed by atoms with Crippen molar-refractivity contribution in [2.75, 3.05) is 54.0 Å². The molecule has 4 rings (SSSR count). The van der Waals surface area contributed by atoms with Gasteiger partial charge in [-0.2, -0.15) is 0 Å². The van der Waals surface area contributed by atoms with Gasteiger partial charge in [0.15, 0.2) is 0 Å². The van der Waals surface area contributed by atoms with Crippen molar-refractivity contribution < 1.29 is 0 Å². The number of aryl methyl sites for hydroxylation is 2. The van der Waals surface area contributed by atoms with Crippen molar-refractivity contribution >= 4 is 17.6 Å². The Hall–Kier alpha value is -2.44. The van der Waals surface area contributed by atoms with Gasteiger partial charge < -0.3 is 14.7 Å². The van der Waals surface area contributed by atoms with Crippen LogP contribution in [0.3, 0.4) is 0 Å². The fourth-order valence-corrected chi connectivity index (χ4v) is 3.61. The van der Waals surface area contributed by atoms with E-state index >= 15 is 0 Å². The molecular formula is C18H25N7. The van der Waals surface area contributed by atoms with E-state index in [-0.39, 0.29) is 0 Å². The maximum Gasteiger partial charge on any atom is 0.225 e. The molecule has 132 valence electrons. The van der Waals surface area contributed by atoms with E-state index in [0.717, 1.165) is 68.2 Å². The number of aromatic nitrogens is 4. The summed E-state index contributed by atoms with van der Waals surface area (Å²) in [7, 11) is 0. The van der Waals surface area contributed by atoms with Crippen LogP contribution in [0.5, 0.6) is 0 Å². The van der Waals surface area contributed by atoms with E-state index in [2.05, 4.69) is 40.7 Å². The summed E-state index contributed by atoms with van der Waals surface area (Å²) < 4.78 is 0. The Morgan fingerprint density at radius 1 is 0.680 bits per heavy atom. The molecule has 2 fully saturated rings. The summed E-state index contributed by atoms with van der Waals surface area (Å²) in [5.74, 6) is 2.93. The van der Waals surface area contributed by atoms with Crippen LogP contribution in [-0.4, -0.2) is 59.2 Å². The Kier molecular flexibility index (Phi) is 4.38. The zero-order valence-corrected chi connectivity index (χ0v) is 15.0. The molecule has 0 aromatic carbocycles. The zero-order chi connectivity index (χ0) is 17.2. The van der Waals surface area contributed by atoms with Gasteiger partial charge in [0.25, 0.3) is 0 Å². The molecule has 0 spiro atoms. The first-order valence-corrected chi connectivity index (χ1v) is 9.08. The molecule has 7 heteroatoms. The molecule has 0 atom stereocenters. The van der Waals surface area contributed by atoms with E-state index in [1.807, 2.05) is 19.9 Å². The average molecular weight is 339 g/mol. The number of hydrogen-bond donors (Lipinski definition) is 0. The van der Waals surface area contributed by atoms with Crippen LogP contribution in [0, 0.1) is 13.8 Å². The molecule has 0 N–H and O–H groups in total. The van der Waals surface area contributed by atoms with Crippen LogP contribution in [0.15, 0.2) is 18.5 Å². The Bertz CT molecular complexity index is 714. The van der Waals surface area contributed by atoms with Gasteiger partial charge in [0.1, 0.15) is 18.0 Å². The van der Waals surface area contributed by atoms with Crippen LogP contribution in [0.4, 0.5) is 17.6 Å². The second-order valence-corrected chi connectivity index (χ2v) is 6.85. The number of hydrogen-bond acceptors (Lipinski definition) is 7. The van der Waals surface area contributed by atoms with Gasteiger partial charge in [-0.05, 0) is 32.8 Å². The van der Waals surface area contributed by atoms with Crippen molar-refractivity contribution in [1.82, 2.24) is 19.9 Å². The van der Waals surface area contributed by atoms with Crippen LogP contribution in [-0.2, 0) is 0 Å². The third kappa shape index (κ3) is 3.50. The molecule has 2 aromatic rings. The maximum absolute atomic E-state index is 4.59. The molecule has 2 saturated heterocycles. The predicted molar refractivity (Wildman–Crippen MR) is 99.4 cm³/mol. The number of rotatable bonds is 3. The molecule has 0 bridgehead atoms. The minimum Gasteiger partial charge on any atom is -0.356 e. The highest BCUT2D eigenvalue weighted by molar-refractivity contribution is 5.51. The summed E-state index contributed by atoms with van der Waals surface area (Å²) in [5.41, 5.74) is 2.05. The van der Waals surface area contributed by atoms with Gasteiger partial charge >= 0.3 is 0 Å². The Balaban J connectivity index is 1.44. The second-order valence-electron chi connectivity index (χ2n) is 6.85. The molecule has 7 nitrogen and oxygen atoms in total. The molecular weight excluding hydrogens is 314 g/mol. The first-order chi connectivity index (χ1) is 12.2. The highest BCUT2D eigenvalue weighted by Crippen LogP contribution is 2.23. The lowest BCUT2D eigenvalue weighted by atomic mass is 10.3. The summed E-state index contributed by atoms with van der Waals surface area (Å²) >= 11 is 0. The van der Waals surface area contributed by atoms with Crippen LogP contribution < -0.4 is 14.7 Å². The highest BCUT2D eigenvalue weighted by Gasteiger charge is 2.22. The molecule has 4 heterocycles. The Labute approximate surface area is 148 Å². The quantitative estimate of drug-likeness (QED) is 0.845. The molecule has 2 aliphatic heterocycles. The summed E-state index contributed by atoms with van der Waals surface area (Å²) in [6, 6.07) is 4.15. The van der Waals surface area contributed by atoms with E-state index in [0.29, 0.717) is 0 Å². The summed E-state index contributed by atoms with van der Waals surface area (Å²) in [6.45, 7) is 9.92. The smallest absolute Gasteiger partial charge is 0.225 e. The molecule has 0 amide bonds. The minimum atomic E-state index is 0.845. The van der Waals surface area contributed by atoms with Crippen molar-refractivity contribution in [2.45, 2.75) is 26.7 Å². The SMILES string of the molecule is Cc1cc(C)nc(N2CCN(c3cc(N4CCCC4)ncn3)CC2)n1. The Morgan fingerprint density at radius 2 is 1.20 bits per heavy atom. The molecule has 0 saturated carbocycles. The first-order valence-electron chi connectivity index (χ1n) is 9.08. The van der Waals surface area contributed by atoms with Gasteiger partial charge in [-0.1, -0.05) is 0 Å². The third-order valence-corrected chi connectivity index (χ3v) is 4.93. The standard InChI is InChI=1S/C18H25N7/c1-14-11-15(2)22-18(21-14)25-9-7-24(8-10-25)17-12-16(19-13-20-17)23-5-3-4-6-23/h11-13H,3-10H2,1-2H3. The fourth-order valence-electron chi connectivity index (χ4n) is 3.61. The van der Waals surface area contributed by atoms with Crippen LogP contribution in [0.25, 0.3) is 0 Å². The van der Waals surface area contributed by atoms with Gasteiger partial charge in [0.05, 0.1) is 0 Å². The zero-order valence-electron chi connectivity index (χ0n) is 15.0. The number of piperazine rings is 1. The lowest BCUT2D eigenvalue weighted by Gasteiger charge is -2.35. The van der Waals surface area contributed by atoms with Crippen molar-refractivity contribution in [2.24, 2.45) is 0 Å². The van der Waals surface area contributed by atoms with Gasteiger partial charge in [-0.3, -0.25) is 0 Å². The second kappa shape index (κ2) is 6.82. The van der Waals surface area contributed by atoms with Crippen LogP contribution in [0.1, 0.15) is 24.2 Å². The van der Waals surface area contributed by atoms with Crippen molar-refractivity contribution in [3.8, 4) is 0 Å². The van der Waals surface area contributed by atoms with Crippen LogP contribution in [0.2, 0.25) is 0 Å². The molecule has 2 aliphatic rings. The average Bonchev–Trinajstić information content (AvgIpc) is 3.16. The summed E-state index contributed by atoms with van der Waals surface area (Å²) in [5, 5.41) is 0. The number of nitrogens with zero attached hydrogens (tertiary/aromatic N) is 7. The first kappa shape index (κ1) is 16.1. The third-order valence-electron chi connectivity index (χ3n) is 4.93. The molecule has 0 unspecified atom stereocenters. The van der Waals surface area contributed by atoms with E-state index in [9.17, 15) is 0 Å². The topological polar surface area (TPSA) is 61.3 Å². The molecule has 0 radical (unpaired) electrons.